The van der Waals surface area contributed by atoms with E-state index in [0.29, 0.717) is 17.9 Å². The molecule has 0 atom stereocenters. The van der Waals surface area contributed by atoms with Gasteiger partial charge in [-0.1, -0.05) is 38.1 Å². The minimum absolute atomic E-state index is 0.0649. The van der Waals surface area contributed by atoms with Gasteiger partial charge in [0.15, 0.2) is 0 Å². The average Bonchev–Trinajstić information content (AvgIpc) is 2.62. The Bertz CT molecular complexity index is 587. The highest BCUT2D eigenvalue weighted by Crippen LogP contribution is 2.33. The first-order chi connectivity index (χ1) is 9.58. The zero-order valence-electron chi connectivity index (χ0n) is 12.1. The Hall–Kier alpha value is -1.87. The van der Waals surface area contributed by atoms with Gasteiger partial charge in [0.05, 0.1) is 12.7 Å². The lowest BCUT2D eigenvalue weighted by molar-refractivity contribution is 0.0602. The number of esters is 1. The van der Waals surface area contributed by atoms with Crippen LogP contribution in [0.2, 0.25) is 0 Å². The molecule has 106 valence electrons. The van der Waals surface area contributed by atoms with E-state index < -0.39 is 0 Å². The number of ether oxygens (including phenoxy) is 1. The van der Waals surface area contributed by atoms with Crippen molar-refractivity contribution < 1.29 is 14.6 Å². The third-order valence-electron chi connectivity index (χ3n) is 3.58. The minimum Gasteiger partial charge on any atom is -0.465 e. The molecule has 3 nitrogen and oxygen atoms in total. The molecule has 3 heteroatoms. The summed E-state index contributed by atoms with van der Waals surface area (Å²) < 4.78 is 4.84. The standard InChI is InChI=1S/C17H20O3/c1-11(2)12-4-6-14-13(8-9-18)10-16(17(19)20-3)15(14)7-5-12/h4-7,10-11,18H,8-9H2,1-3H3. The first kappa shape index (κ1) is 14.5. The quantitative estimate of drug-likeness (QED) is 0.869. The molecule has 0 heterocycles. The molecule has 0 aromatic heterocycles. The van der Waals surface area contributed by atoms with Crippen LogP contribution in [-0.4, -0.2) is 24.8 Å². The van der Waals surface area contributed by atoms with Gasteiger partial charge in [-0.3, -0.25) is 0 Å². The second kappa shape index (κ2) is 6.06. The number of carbonyl (C=O) groups is 1. The second-order valence-corrected chi connectivity index (χ2v) is 5.20. The highest BCUT2D eigenvalue weighted by Gasteiger charge is 2.20. The van der Waals surface area contributed by atoms with Gasteiger partial charge in [0.1, 0.15) is 0 Å². The number of carbonyl (C=O) groups excluding carboxylic acids is 1. The second-order valence-electron chi connectivity index (χ2n) is 5.20. The molecule has 0 aliphatic heterocycles. The van der Waals surface area contributed by atoms with Gasteiger partial charge < -0.3 is 9.84 Å². The van der Waals surface area contributed by atoms with Gasteiger partial charge in [-0.15, -0.1) is 0 Å². The molecule has 0 bridgehead atoms. The smallest absolute Gasteiger partial charge is 0.338 e. The van der Waals surface area contributed by atoms with E-state index in [0.717, 1.165) is 16.7 Å². The van der Waals surface area contributed by atoms with E-state index >= 15 is 0 Å². The van der Waals surface area contributed by atoms with Crippen molar-refractivity contribution in [1.29, 1.82) is 0 Å². The van der Waals surface area contributed by atoms with Gasteiger partial charge in [-0.2, -0.15) is 0 Å². The number of aliphatic hydroxyl groups excluding tert-OH is 1. The van der Waals surface area contributed by atoms with Crippen molar-refractivity contribution in [2.75, 3.05) is 13.7 Å². The number of hydrogen-bond donors (Lipinski definition) is 1. The van der Waals surface area contributed by atoms with Crippen LogP contribution in [0.5, 0.6) is 0 Å². The lowest BCUT2D eigenvalue weighted by Crippen LogP contribution is -2.00. The van der Waals surface area contributed by atoms with Crippen LogP contribution in [0.3, 0.4) is 0 Å². The maximum Gasteiger partial charge on any atom is 0.338 e. The maximum absolute atomic E-state index is 11.9. The van der Waals surface area contributed by atoms with Crippen LogP contribution < -0.4 is 0 Å². The van der Waals surface area contributed by atoms with Gasteiger partial charge in [-0.05, 0) is 40.7 Å². The highest BCUT2D eigenvalue weighted by molar-refractivity contribution is 6.00. The predicted molar refractivity (Wildman–Crippen MR) is 79.3 cm³/mol. The first-order valence-corrected chi connectivity index (χ1v) is 6.83. The van der Waals surface area contributed by atoms with Crippen molar-refractivity contribution in [3.63, 3.8) is 0 Å². The Morgan fingerprint density at radius 2 is 1.85 bits per heavy atom. The van der Waals surface area contributed by atoms with Crippen molar-refractivity contribution in [1.82, 2.24) is 0 Å². The molecule has 0 unspecified atom stereocenters. The Labute approximate surface area is 119 Å². The van der Waals surface area contributed by atoms with E-state index in [1.165, 1.54) is 12.7 Å². The van der Waals surface area contributed by atoms with Crippen molar-refractivity contribution in [3.05, 3.63) is 47.0 Å². The van der Waals surface area contributed by atoms with Crippen LogP contribution >= 0.6 is 0 Å². The normalized spacial score (nSPS) is 11.1. The van der Waals surface area contributed by atoms with Crippen LogP contribution in [0.1, 0.15) is 41.3 Å². The Balaban J connectivity index is 2.62. The van der Waals surface area contributed by atoms with Crippen LogP contribution in [0.15, 0.2) is 30.3 Å². The summed E-state index contributed by atoms with van der Waals surface area (Å²) in [5.41, 5.74) is 4.65. The molecule has 0 aromatic carbocycles. The summed E-state index contributed by atoms with van der Waals surface area (Å²) in [5, 5.41) is 9.17. The summed E-state index contributed by atoms with van der Waals surface area (Å²) in [6.07, 6.45) is 0.536. The first-order valence-electron chi connectivity index (χ1n) is 6.83. The fraction of sp³-hybridized carbons (Fsp3) is 0.353. The van der Waals surface area contributed by atoms with E-state index in [-0.39, 0.29) is 12.6 Å². The third kappa shape index (κ3) is 2.68. The number of rotatable bonds is 4. The highest BCUT2D eigenvalue weighted by atomic mass is 16.5. The van der Waals surface area contributed by atoms with Crippen molar-refractivity contribution in [3.8, 4) is 11.1 Å². The summed E-state index contributed by atoms with van der Waals surface area (Å²) in [7, 11) is 1.38. The predicted octanol–water partition coefficient (Wildman–Crippen LogP) is 3.24. The Morgan fingerprint density at radius 1 is 1.20 bits per heavy atom. The zero-order valence-corrected chi connectivity index (χ0v) is 12.1. The zero-order chi connectivity index (χ0) is 14.7. The lowest BCUT2D eigenvalue weighted by Gasteiger charge is -2.00. The van der Waals surface area contributed by atoms with Gasteiger partial charge in [-0.25, -0.2) is 4.79 Å². The summed E-state index contributed by atoms with van der Waals surface area (Å²) in [4.78, 5) is 11.9. The molecule has 0 spiro atoms. The molecule has 2 aliphatic rings. The van der Waals surface area contributed by atoms with Crippen molar-refractivity contribution in [2.45, 2.75) is 26.2 Å². The van der Waals surface area contributed by atoms with Crippen LogP contribution in [0.25, 0.3) is 11.1 Å². The molecule has 0 saturated heterocycles. The fourth-order valence-electron chi connectivity index (χ4n) is 2.43. The largest absolute Gasteiger partial charge is 0.465 e. The molecule has 0 fully saturated rings. The molecule has 0 amide bonds. The number of aliphatic hydroxyl groups is 1. The Morgan fingerprint density at radius 3 is 2.40 bits per heavy atom. The Kier molecular flexibility index (Phi) is 4.40. The van der Waals surface area contributed by atoms with Gasteiger partial charge >= 0.3 is 5.97 Å². The number of fused-ring (bicyclic) bond motifs is 1. The summed E-state index contributed by atoms with van der Waals surface area (Å²) in [6, 6.07) is 9.94. The SMILES string of the molecule is COC(=O)c1cc(CCO)c2ccc(C(C)C)ccc1-2. The molecule has 0 aromatic rings. The summed E-state index contributed by atoms with van der Waals surface area (Å²) in [5.74, 6) is 0.0888. The number of methoxy groups -OCH3 is 1. The summed E-state index contributed by atoms with van der Waals surface area (Å²) in [6.45, 7) is 4.33. The van der Waals surface area contributed by atoms with E-state index in [1.807, 2.05) is 24.3 Å². The van der Waals surface area contributed by atoms with Crippen LogP contribution in [0.4, 0.5) is 0 Å². The van der Waals surface area contributed by atoms with E-state index in [4.69, 9.17) is 4.74 Å². The van der Waals surface area contributed by atoms with E-state index in [1.54, 1.807) is 0 Å². The van der Waals surface area contributed by atoms with E-state index in [2.05, 4.69) is 19.9 Å². The van der Waals surface area contributed by atoms with Crippen LogP contribution in [0, 0.1) is 0 Å². The van der Waals surface area contributed by atoms with Crippen LogP contribution in [-0.2, 0) is 11.2 Å². The topological polar surface area (TPSA) is 46.5 Å². The molecular weight excluding hydrogens is 252 g/mol. The molecular formula is C17H20O3. The lowest BCUT2D eigenvalue weighted by atomic mass is 10.1. The molecule has 2 rings (SSSR count). The molecule has 1 N–H and O–H groups in total. The molecule has 20 heavy (non-hydrogen) atoms. The van der Waals surface area contributed by atoms with Gasteiger partial charge in [0.25, 0.3) is 0 Å². The maximum atomic E-state index is 11.9. The minimum atomic E-state index is -0.337. The van der Waals surface area contributed by atoms with E-state index in [9.17, 15) is 9.90 Å². The molecule has 2 aliphatic carbocycles. The van der Waals surface area contributed by atoms with Gasteiger partial charge in [0, 0.05) is 6.61 Å². The summed E-state index contributed by atoms with van der Waals surface area (Å²) >= 11 is 0. The molecule has 0 radical (unpaired) electrons. The van der Waals surface area contributed by atoms with Gasteiger partial charge in [0.2, 0.25) is 0 Å². The fourth-order valence-corrected chi connectivity index (χ4v) is 2.43. The number of hydrogen-bond acceptors (Lipinski definition) is 3. The third-order valence-corrected chi connectivity index (χ3v) is 3.58. The monoisotopic (exact) mass is 272 g/mol. The van der Waals surface area contributed by atoms with Crippen molar-refractivity contribution in [2.24, 2.45) is 0 Å². The molecule has 0 saturated carbocycles. The average molecular weight is 272 g/mol. The van der Waals surface area contributed by atoms with Crippen molar-refractivity contribution >= 4 is 5.97 Å².